The Morgan fingerprint density at radius 3 is 2.59 bits per heavy atom. The van der Waals surface area contributed by atoms with Crippen molar-refractivity contribution in [1.82, 2.24) is 23.6 Å². The number of nitrogens with zero attached hydrogens (tertiary/aromatic N) is 5. The van der Waals surface area contributed by atoms with Crippen LogP contribution in [0.15, 0.2) is 46.2 Å². The highest BCUT2D eigenvalue weighted by atomic mass is 16.5. The molecule has 0 spiro atoms. The van der Waals surface area contributed by atoms with Crippen molar-refractivity contribution >= 4 is 17.1 Å². The molecule has 0 aliphatic rings. The Kier molecular flexibility index (Phi) is 5.11. The van der Waals surface area contributed by atoms with Crippen molar-refractivity contribution < 1.29 is 9.53 Å². The number of amides is 1. The molecule has 0 unspecified atom stereocenters. The first-order chi connectivity index (χ1) is 12.9. The first kappa shape index (κ1) is 18.4. The van der Waals surface area contributed by atoms with Gasteiger partial charge >= 0.3 is 5.69 Å². The number of imidazole rings is 1. The van der Waals surface area contributed by atoms with Gasteiger partial charge in [-0.25, -0.2) is 14.3 Å². The van der Waals surface area contributed by atoms with Gasteiger partial charge in [0.05, 0.1) is 12.9 Å². The summed E-state index contributed by atoms with van der Waals surface area (Å²) < 4.78 is 9.30. The van der Waals surface area contributed by atoms with E-state index in [0.717, 1.165) is 4.57 Å². The molecule has 0 N–H and O–H groups in total. The van der Waals surface area contributed by atoms with E-state index < -0.39 is 11.2 Å². The molecule has 9 heteroatoms. The lowest BCUT2D eigenvalue weighted by Crippen LogP contribution is -2.44. The summed E-state index contributed by atoms with van der Waals surface area (Å²) in [5.74, 6) is 0.359. The van der Waals surface area contributed by atoms with E-state index in [9.17, 15) is 14.4 Å². The maximum Gasteiger partial charge on any atom is 0.332 e. The molecule has 3 aromatic rings. The lowest BCUT2D eigenvalue weighted by molar-refractivity contribution is -0.131. The molecule has 2 heterocycles. The molecule has 0 saturated carbocycles. The summed E-state index contributed by atoms with van der Waals surface area (Å²) in [4.78, 5) is 43.1. The predicted octanol–water partition coefficient (Wildman–Crippen LogP) is -0.0289. The van der Waals surface area contributed by atoms with Crippen LogP contribution >= 0.6 is 0 Å². The molecule has 1 aromatic carbocycles. The fourth-order valence-electron chi connectivity index (χ4n) is 2.73. The summed E-state index contributed by atoms with van der Waals surface area (Å²) in [5, 5.41) is 0. The zero-order valence-corrected chi connectivity index (χ0v) is 15.5. The van der Waals surface area contributed by atoms with Gasteiger partial charge in [0.25, 0.3) is 5.56 Å². The smallest absolute Gasteiger partial charge is 0.332 e. The van der Waals surface area contributed by atoms with E-state index in [1.54, 1.807) is 14.1 Å². The molecule has 0 fully saturated rings. The first-order valence-electron chi connectivity index (χ1n) is 8.43. The van der Waals surface area contributed by atoms with E-state index >= 15 is 0 Å². The van der Waals surface area contributed by atoms with Gasteiger partial charge in [-0.05, 0) is 12.1 Å². The second-order valence-electron chi connectivity index (χ2n) is 6.24. The normalized spacial score (nSPS) is 10.9. The Bertz CT molecular complexity index is 1080. The largest absolute Gasteiger partial charge is 0.492 e. The van der Waals surface area contributed by atoms with Gasteiger partial charge in [0.15, 0.2) is 11.2 Å². The van der Waals surface area contributed by atoms with E-state index in [2.05, 4.69) is 4.98 Å². The zero-order chi connectivity index (χ0) is 19.6. The number of rotatable bonds is 6. The summed E-state index contributed by atoms with van der Waals surface area (Å²) in [6.07, 6.45) is 1.46. The number of hydrogen-bond donors (Lipinski definition) is 0. The number of carbonyl (C=O) groups is 1. The zero-order valence-electron chi connectivity index (χ0n) is 15.5. The number of aromatic nitrogens is 4. The molecule has 3 rings (SSSR count). The van der Waals surface area contributed by atoms with Gasteiger partial charge in [-0.3, -0.25) is 14.2 Å². The number of hydrogen-bond acceptors (Lipinski definition) is 5. The summed E-state index contributed by atoms with van der Waals surface area (Å²) in [6, 6.07) is 9.27. The Hall–Kier alpha value is -3.36. The highest BCUT2D eigenvalue weighted by Gasteiger charge is 2.18. The molecular weight excluding hydrogens is 350 g/mol. The average Bonchev–Trinajstić information content (AvgIpc) is 3.06. The van der Waals surface area contributed by atoms with E-state index in [4.69, 9.17) is 4.74 Å². The standard InChI is InChI=1S/C18H21N5O4/c1-20(9-10-27-13-7-5-4-6-8-13)14(24)11-23-17(25)15-16(19-12-21(15)2)22(3)18(23)26/h4-8,12H,9-11H2,1-3H3. The second kappa shape index (κ2) is 7.48. The molecule has 142 valence electrons. The fourth-order valence-corrected chi connectivity index (χ4v) is 2.73. The summed E-state index contributed by atoms with van der Waals surface area (Å²) in [5.41, 5.74) is -0.537. The molecule has 0 bridgehead atoms. The van der Waals surface area contributed by atoms with Crippen LogP contribution in [0.4, 0.5) is 0 Å². The maximum atomic E-state index is 12.6. The van der Waals surface area contributed by atoms with Gasteiger partial charge in [0.1, 0.15) is 18.9 Å². The maximum absolute atomic E-state index is 12.6. The van der Waals surface area contributed by atoms with Gasteiger partial charge in [-0.15, -0.1) is 0 Å². The van der Waals surface area contributed by atoms with Crippen LogP contribution in [0.5, 0.6) is 5.75 Å². The molecule has 27 heavy (non-hydrogen) atoms. The highest BCUT2D eigenvalue weighted by molar-refractivity contribution is 5.76. The Morgan fingerprint density at radius 2 is 1.89 bits per heavy atom. The van der Waals surface area contributed by atoms with E-state index in [-0.39, 0.29) is 18.0 Å². The van der Waals surface area contributed by atoms with E-state index in [0.29, 0.717) is 24.5 Å². The number of ether oxygens (including phenoxy) is 1. The molecule has 0 aliphatic heterocycles. The molecule has 1 amide bonds. The van der Waals surface area contributed by atoms with Crippen molar-refractivity contribution in [2.24, 2.45) is 14.1 Å². The Labute approximate surface area is 155 Å². The van der Waals surface area contributed by atoms with Crippen LogP contribution in [-0.4, -0.2) is 49.7 Å². The van der Waals surface area contributed by atoms with Crippen molar-refractivity contribution in [2.75, 3.05) is 20.2 Å². The van der Waals surface area contributed by atoms with Gasteiger partial charge in [-0.1, -0.05) is 18.2 Å². The van der Waals surface area contributed by atoms with Crippen molar-refractivity contribution in [3.63, 3.8) is 0 Å². The molecule has 2 aromatic heterocycles. The predicted molar refractivity (Wildman–Crippen MR) is 99.8 cm³/mol. The van der Waals surface area contributed by atoms with Crippen LogP contribution in [-0.2, 0) is 25.4 Å². The highest BCUT2D eigenvalue weighted by Crippen LogP contribution is 2.08. The number of aryl methyl sites for hydroxylation is 2. The lowest BCUT2D eigenvalue weighted by atomic mass is 10.3. The van der Waals surface area contributed by atoms with E-state index in [1.165, 1.54) is 27.4 Å². The number of benzene rings is 1. The average molecular weight is 371 g/mol. The van der Waals surface area contributed by atoms with Crippen molar-refractivity contribution in [3.8, 4) is 5.75 Å². The van der Waals surface area contributed by atoms with Crippen LogP contribution in [0.1, 0.15) is 0 Å². The molecule has 0 atom stereocenters. The van der Waals surface area contributed by atoms with Crippen LogP contribution in [0, 0.1) is 0 Å². The molecular formula is C18H21N5O4. The second-order valence-corrected chi connectivity index (χ2v) is 6.24. The minimum atomic E-state index is -0.575. The molecule has 9 nitrogen and oxygen atoms in total. The summed E-state index contributed by atoms with van der Waals surface area (Å²) >= 11 is 0. The summed E-state index contributed by atoms with van der Waals surface area (Å²) in [6.45, 7) is 0.297. The molecule has 0 aliphatic carbocycles. The minimum absolute atomic E-state index is 0.278. The van der Waals surface area contributed by atoms with Gasteiger partial charge in [0.2, 0.25) is 5.91 Å². The number of carbonyl (C=O) groups excluding carboxylic acids is 1. The number of fused-ring (bicyclic) bond motifs is 1. The quantitative estimate of drug-likeness (QED) is 0.607. The topological polar surface area (TPSA) is 91.4 Å². The number of likely N-dealkylation sites (N-methyl/N-ethyl adjacent to an activating group) is 1. The fraction of sp³-hybridized carbons (Fsp3) is 0.333. The first-order valence-corrected chi connectivity index (χ1v) is 8.43. The van der Waals surface area contributed by atoms with E-state index in [1.807, 2.05) is 30.3 Å². The van der Waals surface area contributed by atoms with Crippen LogP contribution in [0.3, 0.4) is 0 Å². The van der Waals surface area contributed by atoms with Crippen molar-refractivity contribution in [2.45, 2.75) is 6.54 Å². The SMILES string of the molecule is CN(CCOc1ccccc1)C(=O)Cn1c(=O)c2c(ncn2C)n(C)c1=O. The van der Waals surface area contributed by atoms with Crippen LogP contribution < -0.4 is 16.0 Å². The third-order valence-corrected chi connectivity index (χ3v) is 4.36. The third-order valence-electron chi connectivity index (χ3n) is 4.36. The van der Waals surface area contributed by atoms with Gasteiger partial charge in [0, 0.05) is 21.1 Å². The van der Waals surface area contributed by atoms with Crippen molar-refractivity contribution in [1.29, 1.82) is 0 Å². The van der Waals surface area contributed by atoms with Crippen LogP contribution in [0.25, 0.3) is 11.2 Å². The Morgan fingerprint density at radius 1 is 1.19 bits per heavy atom. The molecule has 0 saturated heterocycles. The third kappa shape index (κ3) is 3.62. The lowest BCUT2D eigenvalue weighted by Gasteiger charge is -2.18. The minimum Gasteiger partial charge on any atom is -0.492 e. The van der Waals surface area contributed by atoms with Crippen molar-refractivity contribution in [3.05, 3.63) is 57.5 Å². The monoisotopic (exact) mass is 371 g/mol. The van der Waals surface area contributed by atoms with Crippen LogP contribution in [0.2, 0.25) is 0 Å². The molecule has 0 radical (unpaired) electrons. The van der Waals surface area contributed by atoms with Gasteiger partial charge < -0.3 is 14.2 Å². The number of para-hydroxylation sites is 1. The summed E-state index contributed by atoms with van der Waals surface area (Å²) in [7, 11) is 4.80. The Balaban J connectivity index is 1.73. The van der Waals surface area contributed by atoms with Gasteiger partial charge in [-0.2, -0.15) is 0 Å².